The van der Waals surface area contributed by atoms with Crippen LogP contribution in [0.5, 0.6) is 0 Å². The zero-order valence-corrected chi connectivity index (χ0v) is 20.6. The van der Waals surface area contributed by atoms with Crippen molar-refractivity contribution in [2.24, 2.45) is 11.8 Å². The van der Waals surface area contributed by atoms with Crippen LogP contribution in [0.1, 0.15) is 22.7 Å². The van der Waals surface area contributed by atoms with Gasteiger partial charge in [0, 0.05) is 11.9 Å². The summed E-state index contributed by atoms with van der Waals surface area (Å²) in [4.78, 5) is 43.8. The molecule has 2 saturated heterocycles. The number of nitrogens with one attached hydrogen (secondary N) is 1. The Morgan fingerprint density at radius 2 is 1.67 bits per heavy atom. The molecular formula is C28H18ClF4N3O3. The minimum Gasteiger partial charge on any atom is -0.357 e. The van der Waals surface area contributed by atoms with Crippen LogP contribution in [-0.4, -0.2) is 28.7 Å². The van der Waals surface area contributed by atoms with Crippen LogP contribution in [0.4, 0.5) is 28.9 Å². The molecule has 0 aromatic heterocycles. The van der Waals surface area contributed by atoms with Gasteiger partial charge < -0.3 is 10.2 Å². The van der Waals surface area contributed by atoms with Gasteiger partial charge in [-0.05, 0) is 53.6 Å². The standard InChI is InChI=1S/C28H18ClF4N3O3/c29-19-13-17(8-9-20(19)30)36-26(38)21-22(27(36)39)24(35-11-10-14-4-1-2-7-18(14)23(21)35)25(37)34-16-6-3-5-15(12-16)28(31,32)33/h1-13,21-24H,(H,34,37). The zero-order valence-electron chi connectivity index (χ0n) is 19.8. The first-order valence-electron chi connectivity index (χ1n) is 11.9. The minimum atomic E-state index is -4.62. The van der Waals surface area contributed by atoms with Gasteiger partial charge in [0.2, 0.25) is 17.7 Å². The molecule has 0 saturated carbocycles. The topological polar surface area (TPSA) is 69.7 Å². The van der Waals surface area contributed by atoms with Gasteiger partial charge in [0.15, 0.2) is 0 Å². The number of imide groups is 1. The number of alkyl halides is 3. The van der Waals surface area contributed by atoms with E-state index in [2.05, 4.69) is 5.32 Å². The number of benzene rings is 3. The molecule has 3 aliphatic rings. The Hall–Kier alpha value is -4.18. The van der Waals surface area contributed by atoms with E-state index in [-0.39, 0.29) is 16.4 Å². The predicted octanol–water partition coefficient (Wildman–Crippen LogP) is 5.65. The molecule has 6 rings (SSSR count). The molecule has 4 atom stereocenters. The van der Waals surface area contributed by atoms with Crippen molar-refractivity contribution >= 4 is 46.8 Å². The van der Waals surface area contributed by atoms with Crippen molar-refractivity contribution < 1.29 is 31.9 Å². The number of halogens is 5. The maximum Gasteiger partial charge on any atom is 0.416 e. The average molecular weight is 556 g/mol. The van der Waals surface area contributed by atoms with Crippen molar-refractivity contribution in [3.05, 3.63) is 100 Å². The third-order valence-corrected chi connectivity index (χ3v) is 7.64. The van der Waals surface area contributed by atoms with E-state index in [1.807, 2.05) is 12.1 Å². The molecule has 0 bridgehead atoms. The zero-order chi connectivity index (χ0) is 27.6. The Balaban J connectivity index is 1.42. The number of hydrogen-bond acceptors (Lipinski definition) is 4. The lowest BCUT2D eigenvalue weighted by Gasteiger charge is -2.35. The normalized spacial score (nSPS) is 23.5. The Bertz CT molecular complexity index is 1570. The Morgan fingerprint density at radius 3 is 2.41 bits per heavy atom. The Labute approximate surface area is 224 Å². The smallest absolute Gasteiger partial charge is 0.357 e. The van der Waals surface area contributed by atoms with Crippen molar-refractivity contribution in [2.45, 2.75) is 18.3 Å². The molecule has 4 unspecified atom stereocenters. The third kappa shape index (κ3) is 3.97. The lowest BCUT2D eigenvalue weighted by molar-refractivity contribution is -0.137. The summed E-state index contributed by atoms with van der Waals surface area (Å²) >= 11 is 5.91. The van der Waals surface area contributed by atoms with Gasteiger partial charge in [-0.25, -0.2) is 9.29 Å². The summed E-state index contributed by atoms with van der Waals surface area (Å²) in [6.07, 6.45) is -1.24. The van der Waals surface area contributed by atoms with Crippen molar-refractivity contribution in [1.29, 1.82) is 0 Å². The number of anilines is 2. The van der Waals surface area contributed by atoms with Crippen molar-refractivity contribution in [1.82, 2.24) is 4.90 Å². The fourth-order valence-corrected chi connectivity index (χ4v) is 5.90. The van der Waals surface area contributed by atoms with Crippen LogP contribution >= 0.6 is 11.6 Å². The highest BCUT2D eigenvalue weighted by Gasteiger charge is 2.64. The lowest BCUT2D eigenvalue weighted by Crippen LogP contribution is -2.46. The molecule has 3 aliphatic heterocycles. The number of carbonyl (C=O) groups excluding carboxylic acids is 3. The molecule has 3 aromatic rings. The summed E-state index contributed by atoms with van der Waals surface area (Å²) in [5.74, 6) is -4.87. The monoisotopic (exact) mass is 555 g/mol. The molecule has 2 fully saturated rings. The van der Waals surface area contributed by atoms with Crippen LogP contribution in [0.2, 0.25) is 5.02 Å². The van der Waals surface area contributed by atoms with E-state index in [9.17, 15) is 31.9 Å². The number of fused-ring (bicyclic) bond motifs is 5. The molecule has 39 heavy (non-hydrogen) atoms. The minimum absolute atomic E-state index is 0.0639. The van der Waals surface area contributed by atoms with Crippen LogP contribution in [0, 0.1) is 17.7 Å². The molecule has 3 amide bonds. The fraction of sp³-hybridized carbons (Fsp3) is 0.179. The molecule has 11 heteroatoms. The average Bonchev–Trinajstić information content (AvgIpc) is 3.38. The highest BCUT2D eigenvalue weighted by atomic mass is 35.5. The van der Waals surface area contributed by atoms with Crippen LogP contribution < -0.4 is 10.2 Å². The highest BCUT2D eigenvalue weighted by Crippen LogP contribution is 2.53. The van der Waals surface area contributed by atoms with Gasteiger partial charge in [0.1, 0.15) is 11.9 Å². The number of rotatable bonds is 3. The van der Waals surface area contributed by atoms with Gasteiger partial charge in [-0.2, -0.15) is 13.2 Å². The van der Waals surface area contributed by atoms with E-state index < -0.39 is 59.2 Å². The van der Waals surface area contributed by atoms with Crippen molar-refractivity contribution in [3.8, 4) is 0 Å². The van der Waals surface area contributed by atoms with Crippen molar-refractivity contribution in [3.63, 3.8) is 0 Å². The SMILES string of the molecule is O=C(Nc1cccc(C(F)(F)F)c1)C1C2C(=O)N(c3ccc(F)c(Cl)c3)C(=O)C2C2c3ccccc3C=CN12. The second-order valence-electron chi connectivity index (χ2n) is 9.51. The summed E-state index contributed by atoms with van der Waals surface area (Å²) in [7, 11) is 0. The second-order valence-corrected chi connectivity index (χ2v) is 9.92. The van der Waals surface area contributed by atoms with Crippen LogP contribution in [0.25, 0.3) is 6.08 Å². The Kier molecular flexibility index (Phi) is 5.76. The lowest BCUT2D eigenvalue weighted by atomic mass is 9.84. The van der Waals surface area contributed by atoms with Gasteiger partial charge in [-0.1, -0.05) is 41.9 Å². The van der Waals surface area contributed by atoms with E-state index in [1.165, 1.54) is 18.2 Å². The molecule has 3 heterocycles. The molecule has 3 aromatic carbocycles. The number of amides is 3. The highest BCUT2D eigenvalue weighted by molar-refractivity contribution is 6.31. The van der Waals surface area contributed by atoms with Crippen LogP contribution in [-0.2, 0) is 20.6 Å². The number of hydrogen-bond donors (Lipinski definition) is 1. The molecular weight excluding hydrogens is 538 g/mol. The Morgan fingerprint density at radius 1 is 0.923 bits per heavy atom. The first kappa shape index (κ1) is 25.1. The predicted molar refractivity (Wildman–Crippen MR) is 135 cm³/mol. The quantitative estimate of drug-likeness (QED) is 0.335. The van der Waals surface area contributed by atoms with Crippen LogP contribution in [0.15, 0.2) is 72.9 Å². The van der Waals surface area contributed by atoms with Gasteiger partial charge in [0.05, 0.1) is 34.2 Å². The van der Waals surface area contributed by atoms with Crippen molar-refractivity contribution in [2.75, 3.05) is 10.2 Å². The second kappa shape index (κ2) is 8.94. The summed E-state index contributed by atoms with van der Waals surface area (Å²) < 4.78 is 53.6. The largest absolute Gasteiger partial charge is 0.416 e. The fourth-order valence-electron chi connectivity index (χ4n) is 5.73. The van der Waals surface area contributed by atoms with Gasteiger partial charge in [-0.15, -0.1) is 0 Å². The summed E-state index contributed by atoms with van der Waals surface area (Å²) in [6, 6.07) is 13.0. The summed E-state index contributed by atoms with van der Waals surface area (Å²) in [5, 5.41) is 2.22. The first-order valence-corrected chi connectivity index (χ1v) is 12.3. The maximum absolute atomic E-state index is 13.8. The molecule has 0 spiro atoms. The summed E-state index contributed by atoms with van der Waals surface area (Å²) in [6.45, 7) is 0. The van der Waals surface area contributed by atoms with E-state index in [0.29, 0.717) is 0 Å². The third-order valence-electron chi connectivity index (χ3n) is 7.35. The first-order chi connectivity index (χ1) is 18.6. The molecule has 198 valence electrons. The molecule has 1 N–H and O–H groups in total. The van der Waals surface area contributed by atoms with Gasteiger partial charge in [-0.3, -0.25) is 14.4 Å². The molecule has 0 aliphatic carbocycles. The van der Waals surface area contributed by atoms with E-state index in [4.69, 9.17) is 11.6 Å². The van der Waals surface area contributed by atoms with Gasteiger partial charge >= 0.3 is 6.18 Å². The van der Waals surface area contributed by atoms with E-state index in [1.54, 1.807) is 29.3 Å². The van der Waals surface area contributed by atoms with Crippen LogP contribution in [0.3, 0.4) is 0 Å². The number of carbonyl (C=O) groups is 3. The van der Waals surface area contributed by atoms with E-state index >= 15 is 0 Å². The maximum atomic E-state index is 13.8. The summed E-state index contributed by atoms with van der Waals surface area (Å²) in [5.41, 5.74) is 0.550. The molecule has 6 nitrogen and oxygen atoms in total. The molecule has 0 radical (unpaired) electrons. The van der Waals surface area contributed by atoms with Gasteiger partial charge in [0.25, 0.3) is 0 Å². The number of nitrogens with zero attached hydrogens (tertiary/aromatic N) is 2. The van der Waals surface area contributed by atoms with E-state index in [0.717, 1.165) is 40.3 Å².